The predicted molar refractivity (Wildman–Crippen MR) is 58.6 cm³/mol. The fraction of sp³-hybridized carbons (Fsp3) is 0.250. The fourth-order valence-electron chi connectivity index (χ4n) is 0.996. The van der Waals surface area contributed by atoms with Crippen LogP contribution in [0.25, 0.3) is 0 Å². The normalized spacial score (nSPS) is 8.92. The van der Waals surface area contributed by atoms with Crippen LogP contribution in [0.15, 0.2) is 22.7 Å². The van der Waals surface area contributed by atoms with Gasteiger partial charge in [0.1, 0.15) is 0 Å². The lowest BCUT2D eigenvalue weighted by molar-refractivity contribution is 1.12. The Morgan fingerprint density at radius 1 is 1.50 bits per heavy atom. The Labute approximate surface area is 87.0 Å². The third-order valence-electron chi connectivity index (χ3n) is 1.60. The second-order valence-electron chi connectivity index (χ2n) is 2.30. The van der Waals surface area contributed by atoms with Gasteiger partial charge in [-0.2, -0.15) is 0 Å². The van der Waals surface area contributed by atoms with Gasteiger partial charge in [-0.1, -0.05) is 22.9 Å². The number of hydrazine groups is 1. The molecule has 2 nitrogen and oxygen atoms in total. The summed E-state index contributed by atoms with van der Waals surface area (Å²) in [6, 6.07) is 5.99. The Kier molecular flexibility index (Phi) is 5.29. The van der Waals surface area contributed by atoms with Gasteiger partial charge >= 0.3 is 0 Å². The van der Waals surface area contributed by atoms with Gasteiger partial charge in [0.15, 0.2) is 0 Å². The van der Waals surface area contributed by atoms with Crippen LogP contribution in [0.1, 0.15) is 12.5 Å². The molecule has 12 heavy (non-hydrogen) atoms. The summed E-state index contributed by atoms with van der Waals surface area (Å²) in [5.41, 5.74) is 4.87. The quantitative estimate of drug-likeness (QED) is 0.626. The standard InChI is InChI=1S/C8H11BrN2.ClH/c1-2-6-5-7(9)3-4-8(6)11-10;/h3-5,11H,2,10H2,1H3;1H. The first-order chi connectivity index (χ1) is 5.27. The first-order valence-corrected chi connectivity index (χ1v) is 4.32. The van der Waals surface area contributed by atoms with Crippen LogP contribution in [-0.4, -0.2) is 0 Å². The molecule has 1 aromatic rings. The summed E-state index contributed by atoms with van der Waals surface area (Å²) in [5, 5.41) is 0. The number of hydrogen-bond acceptors (Lipinski definition) is 2. The van der Waals surface area contributed by atoms with E-state index in [1.807, 2.05) is 12.1 Å². The average Bonchev–Trinajstić information content (AvgIpc) is 2.04. The van der Waals surface area contributed by atoms with Crippen LogP contribution in [-0.2, 0) is 6.42 Å². The zero-order valence-electron chi connectivity index (χ0n) is 6.80. The molecular weight excluding hydrogens is 239 g/mol. The van der Waals surface area contributed by atoms with Crippen molar-refractivity contribution in [2.75, 3.05) is 5.43 Å². The molecule has 0 heterocycles. The van der Waals surface area contributed by atoms with Gasteiger partial charge in [0.05, 0.1) is 5.69 Å². The molecule has 3 N–H and O–H groups in total. The summed E-state index contributed by atoms with van der Waals surface area (Å²) < 4.78 is 1.09. The minimum atomic E-state index is 0. The van der Waals surface area contributed by atoms with Crippen molar-refractivity contribution >= 4 is 34.0 Å². The smallest absolute Gasteiger partial charge is 0.0517 e. The van der Waals surface area contributed by atoms with E-state index in [2.05, 4.69) is 34.3 Å². The number of nitrogens with two attached hydrogens (primary N) is 1. The first-order valence-electron chi connectivity index (χ1n) is 3.53. The number of halogens is 2. The molecule has 0 spiro atoms. The van der Waals surface area contributed by atoms with Gasteiger partial charge < -0.3 is 5.43 Å². The van der Waals surface area contributed by atoms with Gasteiger partial charge in [0.25, 0.3) is 0 Å². The Balaban J connectivity index is 0.00000121. The molecular formula is C8H12BrClN2. The number of benzene rings is 1. The van der Waals surface area contributed by atoms with E-state index in [1.54, 1.807) is 0 Å². The average molecular weight is 252 g/mol. The van der Waals surface area contributed by atoms with E-state index in [-0.39, 0.29) is 12.4 Å². The number of anilines is 1. The van der Waals surface area contributed by atoms with Gasteiger partial charge in [-0.3, -0.25) is 5.84 Å². The van der Waals surface area contributed by atoms with Crippen LogP contribution in [0, 0.1) is 0 Å². The van der Waals surface area contributed by atoms with Gasteiger partial charge in [-0.25, -0.2) is 0 Å². The van der Waals surface area contributed by atoms with Gasteiger partial charge in [-0.05, 0) is 30.2 Å². The Morgan fingerprint density at radius 2 is 2.17 bits per heavy atom. The second kappa shape index (κ2) is 5.41. The van der Waals surface area contributed by atoms with Crippen molar-refractivity contribution in [3.05, 3.63) is 28.2 Å². The highest BCUT2D eigenvalue weighted by Gasteiger charge is 1.97. The van der Waals surface area contributed by atoms with Gasteiger partial charge in [0, 0.05) is 4.47 Å². The van der Waals surface area contributed by atoms with Crippen LogP contribution < -0.4 is 11.3 Å². The first kappa shape index (κ1) is 11.8. The number of nitrogen functional groups attached to an aromatic ring is 1. The topological polar surface area (TPSA) is 38.0 Å². The third-order valence-corrected chi connectivity index (χ3v) is 2.10. The monoisotopic (exact) mass is 250 g/mol. The molecule has 1 rings (SSSR count). The van der Waals surface area contributed by atoms with Crippen molar-refractivity contribution < 1.29 is 0 Å². The van der Waals surface area contributed by atoms with E-state index in [0.29, 0.717) is 0 Å². The molecule has 0 amide bonds. The van der Waals surface area contributed by atoms with Crippen LogP contribution in [0.5, 0.6) is 0 Å². The van der Waals surface area contributed by atoms with Gasteiger partial charge in [-0.15, -0.1) is 12.4 Å². The van der Waals surface area contributed by atoms with Crippen LogP contribution >= 0.6 is 28.3 Å². The number of aryl methyl sites for hydroxylation is 1. The van der Waals surface area contributed by atoms with E-state index < -0.39 is 0 Å². The highest BCUT2D eigenvalue weighted by atomic mass is 79.9. The molecule has 0 aliphatic carbocycles. The predicted octanol–water partition coefficient (Wildman–Crippen LogP) is 2.72. The SMILES string of the molecule is CCc1cc(Br)ccc1NN.Cl. The number of hydrogen-bond donors (Lipinski definition) is 2. The van der Waals surface area contributed by atoms with Crippen LogP contribution in [0.4, 0.5) is 5.69 Å². The molecule has 0 fully saturated rings. The van der Waals surface area contributed by atoms with Crippen molar-refractivity contribution in [2.24, 2.45) is 5.84 Å². The molecule has 1 aromatic carbocycles. The third kappa shape index (κ3) is 2.66. The molecule has 0 radical (unpaired) electrons. The molecule has 68 valence electrons. The molecule has 0 bridgehead atoms. The summed E-state index contributed by atoms with van der Waals surface area (Å²) in [5.74, 6) is 5.31. The van der Waals surface area contributed by atoms with Crippen molar-refractivity contribution in [3.8, 4) is 0 Å². The van der Waals surface area contributed by atoms with Crippen molar-refractivity contribution in [3.63, 3.8) is 0 Å². The summed E-state index contributed by atoms with van der Waals surface area (Å²) in [6.45, 7) is 2.10. The molecule has 0 saturated heterocycles. The van der Waals surface area contributed by atoms with Crippen LogP contribution in [0.3, 0.4) is 0 Å². The maximum atomic E-state index is 5.31. The number of nitrogens with one attached hydrogen (secondary N) is 1. The largest absolute Gasteiger partial charge is 0.324 e. The maximum Gasteiger partial charge on any atom is 0.0517 e. The molecule has 0 aliphatic rings. The lowest BCUT2D eigenvalue weighted by Gasteiger charge is -2.06. The van der Waals surface area contributed by atoms with Crippen molar-refractivity contribution in [1.29, 1.82) is 0 Å². The lowest BCUT2D eigenvalue weighted by atomic mass is 10.1. The zero-order valence-corrected chi connectivity index (χ0v) is 9.21. The van der Waals surface area contributed by atoms with Crippen LogP contribution in [0.2, 0.25) is 0 Å². The van der Waals surface area contributed by atoms with Crippen molar-refractivity contribution in [2.45, 2.75) is 13.3 Å². The fourth-order valence-corrected chi connectivity index (χ4v) is 1.40. The second-order valence-corrected chi connectivity index (χ2v) is 3.22. The zero-order chi connectivity index (χ0) is 8.27. The molecule has 4 heteroatoms. The van der Waals surface area contributed by atoms with E-state index in [9.17, 15) is 0 Å². The van der Waals surface area contributed by atoms with E-state index in [1.165, 1.54) is 5.56 Å². The van der Waals surface area contributed by atoms with E-state index >= 15 is 0 Å². The summed E-state index contributed by atoms with van der Waals surface area (Å²) in [4.78, 5) is 0. The minimum absolute atomic E-state index is 0. The minimum Gasteiger partial charge on any atom is -0.324 e. The highest BCUT2D eigenvalue weighted by molar-refractivity contribution is 9.10. The van der Waals surface area contributed by atoms with E-state index in [4.69, 9.17) is 5.84 Å². The van der Waals surface area contributed by atoms with Gasteiger partial charge in [0.2, 0.25) is 0 Å². The van der Waals surface area contributed by atoms with Crippen molar-refractivity contribution in [1.82, 2.24) is 0 Å². The number of rotatable bonds is 2. The molecule has 0 aromatic heterocycles. The Morgan fingerprint density at radius 3 is 2.67 bits per heavy atom. The highest BCUT2D eigenvalue weighted by Crippen LogP contribution is 2.20. The molecule has 0 saturated carbocycles. The summed E-state index contributed by atoms with van der Waals surface area (Å²) >= 11 is 3.40. The Bertz CT molecular complexity index is 253. The van der Waals surface area contributed by atoms with E-state index in [0.717, 1.165) is 16.6 Å². The molecule has 0 unspecified atom stereocenters. The maximum absolute atomic E-state index is 5.31. The Hall–Kier alpha value is -0.250. The molecule has 0 aliphatic heterocycles. The molecule has 0 atom stereocenters. The summed E-state index contributed by atoms with van der Waals surface area (Å²) in [6.07, 6.45) is 0.985. The lowest BCUT2D eigenvalue weighted by Crippen LogP contribution is -2.08. The summed E-state index contributed by atoms with van der Waals surface area (Å²) in [7, 11) is 0.